The van der Waals surface area contributed by atoms with E-state index in [4.69, 9.17) is 14.4 Å². The molecule has 4 aromatic heterocycles. The van der Waals surface area contributed by atoms with E-state index in [2.05, 4.69) is 61.7 Å². The predicted octanol–water partition coefficient (Wildman–Crippen LogP) is 9.61. The molecule has 0 atom stereocenters. The molecule has 0 aliphatic heterocycles. The molecule has 0 fully saturated rings. The normalized spacial score (nSPS) is 11.9. The summed E-state index contributed by atoms with van der Waals surface area (Å²) in [4.78, 5) is 10.1. The molecule has 4 aromatic carbocycles. The molecule has 4 heterocycles. The van der Waals surface area contributed by atoms with E-state index in [1.165, 1.54) is 0 Å². The Kier molecular flexibility index (Phi) is 6.67. The molecule has 0 radical (unpaired) electrons. The molecule has 0 amide bonds. The number of rotatable bonds is 3. The first-order chi connectivity index (χ1) is 20.9. The number of hydrogen-bond acceptors (Lipinski definition) is 4. The number of pyridine rings is 2. The van der Waals surface area contributed by atoms with Gasteiger partial charge in [-0.2, -0.15) is 0 Å². The molecule has 218 valence electrons. The van der Waals surface area contributed by atoms with E-state index in [9.17, 15) is 5.11 Å². The van der Waals surface area contributed by atoms with E-state index in [0.29, 0.717) is 11.4 Å². The zero-order chi connectivity index (χ0) is 29.3. The van der Waals surface area contributed by atoms with Crippen LogP contribution in [0.4, 0.5) is 0 Å². The van der Waals surface area contributed by atoms with Crippen molar-refractivity contribution in [2.24, 2.45) is 0 Å². The molecule has 8 rings (SSSR count). The molecule has 44 heavy (non-hydrogen) atoms. The number of phenols is 1. The van der Waals surface area contributed by atoms with Crippen molar-refractivity contribution < 1.29 is 30.6 Å². The molecule has 0 spiro atoms. The molecule has 0 saturated heterocycles. The second-order valence-corrected chi connectivity index (χ2v) is 12.0. The fourth-order valence-corrected chi connectivity index (χ4v) is 6.15. The quantitative estimate of drug-likeness (QED) is 0.183. The van der Waals surface area contributed by atoms with Gasteiger partial charge in [-0.05, 0) is 40.8 Å². The zero-order valence-corrected chi connectivity index (χ0v) is 26.7. The van der Waals surface area contributed by atoms with Gasteiger partial charge in [0.05, 0.1) is 11.3 Å². The summed E-state index contributed by atoms with van der Waals surface area (Å²) < 4.78 is 8.59. The summed E-state index contributed by atoms with van der Waals surface area (Å²) in [6.45, 7) is 6.31. The van der Waals surface area contributed by atoms with Crippen LogP contribution in [0.5, 0.6) is 5.75 Å². The Balaban J connectivity index is 0.00000312. The third-order valence-electron chi connectivity index (χ3n) is 8.20. The fourth-order valence-electron chi connectivity index (χ4n) is 6.15. The molecule has 1 N–H and O–H groups in total. The summed E-state index contributed by atoms with van der Waals surface area (Å²) >= 11 is 0. The van der Waals surface area contributed by atoms with Crippen LogP contribution in [0.15, 0.2) is 114 Å². The van der Waals surface area contributed by atoms with Gasteiger partial charge < -0.3 is 9.52 Å². The van der Waals surface area contributed by atoms with Crippen LogP contribution < -0.4 is 0 Å². The number of para-hydroxylation sites is 3. The number of hydrogen-bond donors (Lipinski definition) is 1. The molecule has 0 unspecified atom stereocenters. The molecule has 0 saturated carbocycles. The molecular weight excluding hydrogens is 726 g/mol. The van der Waals surface area contributed by atoms with Gasteiger partial charge >= 0.3 is 0 Å². The van der Waals surface area contributed by atoms with Crippen LogP contribution in [0.25, 0.3) is 72.1 Å². The van der Waals surface area contributed by atoms with E-state index in [1.54, 1.807) is 0 Å². The maximum absolute atomic E-state index is 11.3. The third-order valence-corrected chi connectivity index (χ3v) is 8.20. The summed E-state index contributed by atoms with van der Waals surface area (Å²) in [5, 5.41) is 15.4. The molecule has 6 heteroatoms. The van der Waals surface area contributed by atoms with Crippen LogP contribution in [-0.2, 0) is 26.5 Å². The van der Waals surface area contributed by atoms with E-state index in [0.717, 1.165) is 66.2 Å². The van der Waals surface area contributed by atoms with Crippen LogP contribution in [0.3, 0.4) is 0 Å². The van der Waals surface area contributed by atoms with E-state index in [1.807, 2.05) is 79.0 Å². The Hall–Kier alpha value is -4.73. The maximum Gasteiger partial charge on any atom is 0.177 e. The fraction of sp³-hybridized carbons (Fsp3) is 0.105. The number of aromatic hydroxyl groups is 1. The smallest absolute Gasteiger partial charge is 0.177 e. The summed E-state index contributed by atoms with van der Waals surface area (Å²) in [7, 11) is 0. The average Bonchev–Trinajstić information content (AvgIpc) is 3.56. The van der Waals surface area contributed by atoms with Crippen molar-refractivity contribution in [1.82, 2.24) is 14.5 Å². The Morgan fingerprint density at radius 2 is 1.48 bits per heavy atom. The maximum atomic E-state index is 11.3. The van der Waals surface area contributed by atoms with Crippen molar-refractivity contribution in [3.8, 4) is 34.0 Å². The van der Waals surface area contributed by atoms with Gasteiger partial charge in [0.15, 0.2) is 11.4 Å². The Morgan fingerprint density at radius 1 is 0.750 bits per heavy atom. The Labute approximate surface area is 269 Å². The van der Waals surface area contributed by atoms with Gasteiger partial charge in [-0.3, -0.25) is 9.55 Å². The Morgan fingerprint density at radius 3 is 2.32 bits per heavy atom. The number of aromatic nitrogens is 3. The van der Waals surface area contributed by atoms with Crippen molar-refractivity contribution in [3.63, 3.8) is 0 Å². The first-order valence-electron chi connectivity index (χ1n) is 14.4. The standard InChI is InChI=1S/C38H28N3O2.Pt/c1-38(2,3)30-17-9-15-25(34(30)42)23-11-8-12-24(21-23)31-22-29-27-14-5-7-19-33(27)43-35(29)37(40-31)41-32-18-6-4-13-26(32)28-16-10-20-39-36(28)41;/h4-20,22,42H,1-3H3;/q-1;. The van der Waals surface area contributed by atoms with E-state index in [-0.39, 0.29) is 32.2 Å². The topological polar surface area (TPSA) is 64.1 Å². The minimum atomic E-state index is -0.197. The van der Waals surface area contributed by atoms with Gasteiger partial charge in [0.2, 0.25) is 0 Å². The average molecular weight is 754 g/mol. The van der Waals surface area contributed by atoms with Crippen LogP contribution in [0.2, 0.25) is 0 Å². The van der Waals surface area contributed by atoms with Gasteiger partial charge in [-0.1, -0.05) is 87.0 Å². The summed E-state index contributed by atoms with van der Waals surface area (Å²) in [5.41, 5.74) is 7.15. The van der Waals surface area contributed by atoms with Crippen LogP contribution in [0.1, 0.15) is 26.3 Å². The molecular formula is C38H28N3O2Pt-. The first-order valence-corrected chi connectivity index (χ1v) is 14.4. The van der Waals surface area contributed by atoms with Crippen molar-refractivity contribution in [1.29, 1.82) is 0 Å². The number of fused-ring (bicyclic) bond motifs is 6. The van der Waals surface area contributed by atoms with Gasteiger partial charge in [-0.15, -0.1) is 29.8 Å². The van der Waals surface area contributed by atoms with Crippen molar-refractivity contribution >= 4 is 43.9 Å². The van der Waals surface area contributed by atoms with Crippen molar-refractivity contribution in [3.05, 3.63) is 121 Å². The third kappa shape index (κ3) is 4.34. The molecule has 0 aliphatic carbocycles. The summed E-state index contributed by atoms with van der Waals surface area (Å²) in [6, 6.07) is 38.0. The minimum absolute atomic E-state index is 0. The Bertz CT molecular complexity index is 2310. The first kappa shape index (κ1) is 28.1. The molecule has 0 bridgehead atoms. The SMILES string of the molecule is CC(C)(C)c1cccc(-c2[c-]c(-c3cc4c(oc5ccccc54)c(-n4c5ccccc5c5cccnc54)n3)ccc2)c1O.[Pt]. The molecule has 8 aromatic rings. The van der Waals surface area contributed by atoms with Crippen LogP contribution in [0, 0.1) is 6.07 Å². The second kappa shape index (κ2) is 10.5. The predicted molar refractivity (Wildman–Crippen MR) is 174 cm³/mol. The number of benzene rings is 4. The van der Waals surface area contributed by atoms with Crippen LogP contribution >= 0.6 is 0 Å². The molecule has 5 nitrogen and oxygen atoms in total. The number of furan rings is 1. The second-order valence-electron chi connectivity index (χ2n) is 12.0. The van der Waals surface area contributed by atoms with E-state index < -0.39 is 0 Å². The summed E-state index contributed by atoms with van der Waals surface area (Å²) in [5.74, 6) is 0.953. The molecule has 0 aliphatic rings. The monoisotopic (exact) mass is 753 g/mol. The van der Waals surface area contributed by atoms with Crippen molar-refractivity contribution in [2.75, 3.05) is 0 Å². The zero-order valence-electron chi connectivity index (χ0n) is 24.4. The minimum Gasteiger partial charge on any atom is -0.515 e. The van der Waals surface area contributed by atoms with Gasteiger partial charge in [0.25, 0.3) is 0 Å². The van der Waals surface area contributed by atoms with Gasteiger partial charge in [0, 0.05) is 54.5 Å². The van der Waals surface area contributed by atoms with Gasteiger partial charge in [-0.25, -0.2) is 4.98 Å². The van der Waals surface area contributed by atoms with Gasteiger partial charge in [0.1, 0.15) is 11.2 Å². The largest absolute Gasteiger partial charge is 0.515 e. The van der Waals surface area contributed by atoms with E-state index >= 15 is 0 Å². The van der Waals surface area contributed by atoms with Crippen LogP contribution in [-0.4, -0.2) is 19.6 Å². The summed E-state index contributed by atoms with van der Waals surface area (Å²) in [6.07, 6.45) is 1.81. The van der Waals surface area contributed by atoms with Crippen molar-refractivity contribution in [2.45, 2.75) is 26.2 Å². The number of nitrogens with zero attached hydrogens (tertiary/aromatic N) is 3. The number of phenolic OH excluding ortho intramolecular Hbond substituents is 1.